The molecule has 0 aliphatic heterocycles. The Balaban J connectivity index is 2.69. The summed E-state index contributed by atoms with van der Waals surface area (Å²) in [5, 5.41) is 0. The van der Waals surface area contributed by atoms with Crippen molar-refractivity contribution in [3.8, 4) is 5.75 Å². The molecule has 0 saturated carbocycles. The fourth-order valence-electron chi connectivity index (χ4n) is 1.34. The Labute approximate surface area is 115 Å². The standard InChI is InChI=1S/C13H16BrClO2/c1-9(2)10-5-6-12(11(14)8-10)17-13(16)4-3-7-15/h5-6,8-9H,3-4,7H2,1-2H3. The Morgan fingerprint density at radius 1 is 1.47 bits per heavy atom. The van der Waals surface area contributed by atoms with Gasteiger partial charge in [0.15, 0.2) is 0 Å². The van der Waals surface area contributed by atoms with E-state index < -0.39 is 0 Å². The summed E-state index contributed by atoms with van der Waals surface area (Å²) in [6.45, 7) is 4.24. The molecule has 0 saturated heterocycles. The number of ether oxygens (including phenoxy) is 1. The van der Waals surface area contributed by atoms with Crippen LogP contribution in [0.25, 0.3) is 0 Å². The van der Waals surface area contributed by atoms with E-state index in [0.717, 1.165) is 4.47 Å². The quantitative estimate of drug-likeness (QED) is 0.454. The van der Waals surface area contributed by atoms with Gasteiger partial charge in [0.1, 0.15) is 5.75 Å². The molecule has 1 rings (SSSR count). The van der Waals surface area contributed by atoms with E-state index >= 15 is 0 Å². The first-order valence-corrected chi connectivity index (χ1v) is 6.93. The Kier molecular flexibility index (Phi) is 6.00. The van der Waals surface area contributed by atoms with Crippen LogP contribution in [-0.2, 0) is 4.79 Å². The number of esters is 1. The van der Waals surface area contributed by atoms with Crippen molar-refractivity contribution >= 4 is 33.5 Å². The predicted octanol–water partition coefficient (Wildman–Crippen LogP) is 4.50. The summed E-state index contributed by atoms with van der Waals surface area (Å²) in [6, 6.07) is 5.77. The van der Waals surface area contributed by atoms with Crippen LogP contribution in [0.1, 0.15) is 38.2 Å². The highest BCUT2D eigenvalue weighted by Gasteiger charge is 2.09. The van der Waals surface area contributed by atoms with E-state index in [2.05, 4.69) is 29.8 Å². The van der Waals surface area contributed by atoms with Gasteiger partial charge in [-0.05, 0) is 46.0 Å². The third kappa shape index (κ3) is 4.68. The average Bonchev–Trinajstić information content (AvgIpc) is 2.28. The van der Waals surface area contributed by atoms with Gasteiger partial charge >= 0.3 is 5.97 Å². The van der Waals surface area contributed by atoms with Crippen LogP contribution in [0, 0.1) is 0 Å². The van der Waals surface area contributed by atoms with E-state index in [1.165, 1.54) is 5.56 Å². The molecule has 94 valence electrons. The lowest BCUT2D eigenvalue weighted by molar-refractivity contribution is -0.134. The summed E-state index contributed by atoms with van der Waals surface area (Å²) in [5.41, 5.74) is 1.21. The molecule has 1 aromatic rings. The summed E-state index contributed by atoms with van der Waals surface area (Å²) in [7, 11) is 0. The Bertz CT molecular complexity index is 391. The minimum absolute atomic E-state index is 0.247. The van der Waals surface area contributed by atoms with Gasteiger partial charge in [0.25, 0.3) is 0 Å². The molecular formula is C13H16BrClO2. The highest BCUT2D eigenvalue weighted by molar-refractivity contribution is 9.10. The summed E-state index contributed by atoms with van der Waals surface area (Å²) < 4.78 is 6.05. The number of rotatable bonds is 5. The van der Waals surface area contributed by atoms with Crippen molar-refractivity contribution in [1.82, 2.24) is 0 Å². The fourth-order valence-corrected chi connectivity index (χ4v) is 1.95. The minimum Gasteiger partial charge on any atom is -0.425 e. The average molecular weight is 320 g/mol. The van der Waals surface area contributed by atoms with Crippen LogP contribution in [0.5, 0.6) is 5.75 Å². The summed E-state index contributed by atoms with van der Waals surface area (Å²) in [5.74, 6) is 1.24. The molecule has 0 bridgehead atoms. The third-order valence-corrected chi connectivity index (χ3v) is 3.25. The molecule has 0 spiro atoms. The van der Waals surface area contributed by atoms with E-state index in [4.69, 9.17) is 16.3 Å². The van der Waals surface area contributed by atoms with Gasteiger partial charge in [0.05, 0.1) is 4.47 Å². The molecule has 0 heterocycles. The number of carbonyl (C=O) groups excluding carboxylic acids is 1. The largest absolute Gasteiger partial charge is 0.425 e. The van der Waals surface area contributed by atoms with Gasteiger partial charge in [-0.2, -0.15) is 0 Å². The van der Waals surface area contributed by atoms with Crippen LogP contribution in [0.3, 0.4) is 0 Å². The molecule has 0 aliphatic rings. The van der Waals surface area contributed by atoms with Gasteiger partial charge in [-0.3, -0.25) is 4.79 Å². The highest BCUT2D eigenvalue weighted by Crippen LogP contribution is 2.29. The lowest BCUT2D eigenvalue weighted by atomic mass is 10.0. The van der Waals surface area contributed by atoms with E-state index in [1.807, 2.05) is 18.2 Å². The summed E-state index contributed by atoms with van der Waals surface area (Å²) in [6.07, 6.45) is 0.990. The highest BCUT2D eigenvalue weighted by atomic mass is 79.9. The number of benzene rings is 1. The molecule has 4 heteroatoms. The van der Waals surface area contributed by atoms with Crippen LogP contribution >= 0.6 is 27.5 Å². The van der Waals surface area contributed by atoms with Crippen molar-refractivity contribution in [3.63, 3.8) is 0 Å². The second-order valence-electron chi connectivity index (χ2n) is 4.11. The third-order valence-electron chi connectivity index (χ3n) is 2.36. The lowest BCUT2D eigenvalue weighted by Crippen LogP contribution is -2.08. The van der Waals surface area contributed by atoms with E-state index in [1.54, 1.807) is 0 Å². The number of halogens is 2. The first-order chi connectivity index (χ1) is 8.04. The van der Waals surface area contributed by atoms with Gasteiger partial charge in [0.2, 0.25) is 0 Å². The van der Waals surface area contributed by atoms with Gasteiger partial charge in [-0.25, -0.2) is 0 Å². The molecule has 0 radical (unpaired) electrons. The molecule has 0 amide bonds. The van der Waals surface area contributed by atoms with E-state index in [-0.39, 0.29) is 5.97 Å². The first kappa shape index (κ1) is 14.5. The van der Waals surface area contributed by atoms with Gasteiger partial charge in [-0.15, -0.1) is 11.6 Å². The predicted molar refractivity (Wildman–Crippen MR) is 73.8 cm³/mol. The Hall–Kier alpha value is -0.540. The Morgan fingerprint density at radius 2 is 2.18 bits per heavy atom. The van der Waals surface area contributed by atoms with Crippen molar-refractivity contribution in [3.05, 3.63) is 28.2 Å². The maximum absolute atomic E-state index is 11.4. The Morgan fingerprint density at radius 3 is 2.71 bits per heavy atom. The molecule has 0 atom stereocenters. The molecule has 0 fully saturated rings. The first-order valence-electron chi connectivity index (χ1n) is 5.60. The molecular weight excluding hydrogens is 303 g/mol. The van der Waals surface area contributed by atoms with E-state index in [0.29, 0.717) is 30.4 Å². The smallest absolute Gasteiger partial charge is 0.311 e. The second kappa shape index (κ2) is 7.02. The number of alkyl halides is 1. The molecule has 17 heavy (non-hydrogen) atoms. The van der Waals surface area contributed by atoms with Crippen LogP contribution < -0.4 is 4.74 Å². The van der Waals surface area contributed by atoms with Crippen LogP contribution in [0.4, 0.5) is 0 Å². The SMILES string of the molecule is CC(C)c1ccc(OC(=O)CCCCl)c(Br)c1. The molecule has 2 nitrogen and oxygen atoms in total. The summed E-state index contributed by atoms with van der Waals surface area (Å²) >= 11 is 8.93. The van der Waals surface area contributed by atoms with Crippen molar-refractivity contribution < 1.29 is 9.53 Å². The maximum atomic E-state index is 11.4. The van der Waals surface area contributed by atoms with Gasteiger partial charge in [-0.1, -0.05) is 19.9 Å². The van der Waals surface area contributed by atoms with Gasteiger partial charge in [0, 0.05) is 12.3 Å². The molecule has 0 aliphatic carbocycles. The van der Waals surface area contributed by atoms with Crippen LogP contribution in [-0.4, -0.2) is 11.8 Å². The topological polar surface area (TPSA) is 26.3 Å². The number of hydrogen-bond donors (Lipinski definition) is 0. The zero-order chi connectivity index (χ0) is 12.8. The summed E-state index contributed by atoms with van der Waals surface area (Å²) in [4.78, 5) is 11.4. The lowest BCUT2D eigenvalue weighted by Gasteiger charge is -2.10. The van der Waals surface area contributed by atoms with Crippen molar-refractivity contribution in [2.24, 2.45) is 0 Å². The molecule has 1 aromatic carbocycles. The number of carbonyl (C=O) groups is 1. The normalized spacial score (nSPS) is 10.6. The fraction of sp³-hybridized carbons (Fsp3) is 0.462. The second-order valence-corrected chi connectivity index (χ2v) is 5.34. The van der Waals surface area contributed by atoms with Crippen LogP contribution in [0.2, 0.25) is 0 Å². The molecule has 0 unspecified atom stereocenters. The molecule has 0 aromatic heterocycles. The number of hydrogen-bond acceptors (Lipinski definition) is 2. The zero-order valence-corrected chi connectivity index (χ0v) is 12.3. The van der Waals surface area contributed by atoms with Crippen LogP contribution in [0.15, 0.2) is 22.7 Å². The van der Waals surface area contributed by atoms with Gasteiger partial charge < -0.3 is 4.74 Å². The van der Waals surface area contributed by atoms with Crippen molar-refractivity contribution in [2.75, 3.05) is 5.88 Å². The zero-order valence-electron chi connectivity index (χ0n) is 10.0. The minimum atomic E-state index is -0.247. The van der Waals surface area contributed by atoms with Crippen molar-refractivity contribution in [1.29, 1.82) is 0 Å². The maximum Gasteiger partial charge on any atom is 0.311 e. The molecule has 0 N–H and O–H groups in total. The van der Waals surface area contributed by atoms with Crippen molar-refractivity contribution in [2.45, 2.75) is 32.6 Å². The van der Waals surface area contributed by atoms with E-state index in [9.17, 15) is 4.79 Å². The monoisotopic (exact) mass is 318 g/mol.